The van der Waals surface area contributed by atoms with Gasteiger partial charge in [-0.3, -0.25) is 0 Å². The van der Waals surface area contributed by atoms with Crippen molar-refractivity contribution < 1.29 is 31.8 Å². The molecule has 0 N–H and O–H groups in total. The maximum absolute atomic E-state index is 13.8. The Kier molecular flexibility index (Phi) is 6.71. The van der Waals surface area contributed by atoms with Crippen molar-refractivity contribution in [2.45, 2.75) is 26.1 Å². The summed E-state index contributed by atoms with van der Waals surface area (Å²) in [6, 6.07) is 9.07. The van der Waals surface area contributed by atoms with Gasteiger partial charge in [-0.1, -0.05) is 18.2 Å². The molecule has 0 saturated heterocycles. The highest BCUT2D eigenvalue weighted by Crippen LogP contribution is 2.34. The number of hydrogen-bond acceptors (Lipinski definition) is 5. The summed E-state index contributed by atoms with van der Waals surface area (Å²) in [5.41, 5.74) is -0.233. The van der Waals surface area contributed by atoms with Gasteiger partial charge in [0.25, 0.3) is 0 Å². The van der Waals surface area contributed by atoms with Gasteiger partial charge in [-0.25, -0.2) is 14.2 Å². The fraction of sp³-hybridized carbons (Fsp3) is 0.238. The molecule has 0 saturated carbocycles. The number of alkyl halides is 3. The highest BCUT2D eigenvalue weighted by molar-refractivity contribution is 7.09. The van der Waals surface area contributed by atoms with Crippen molar-refractivity contribution in [2.75, 3.05) is 6.61 Å². The Balaban J connectivity index is 1.86. The molecule has 0 aliphatic carbocycles. The van der Waals surface area contributed by atoms with Crippen LogP contribution in [0.15, 0.2) is 47.8 Å². The summed E-state index contributed by atoms with van der Waals surface area (Å²) in [6.07, 6.45) is -4.52. The molecule has 0 amide bonds. The maximum atomic E-state index is 13.8. The number of halogens is 4. The van der Waals surface area contributed by atoms with E-state index in [4.69, 9.17) is 9.47 Å². The molecule has 3 aromatic rings. The highest BCUT2D eigenvalue weighted by atomic mass is 32.1. The van der Waals surface area contributed by atoms with Gasteiger partial charge in [0.2, 0.25) is 0 Å². The summed E-state index contributed by atoms with van der Waals surface area (Å²) in [5, 5.41) is 1.91. The normalized spacial score (nSPS) is 11.4. The number of aromatic nitrogens is 1. The van der Waals surface area contributed by atoms with Crippen molar-refractivity contribution in [3.63, 3.8) is 0 Å². The van der Waals surface area contributed by atoms with Gasteiger partial charge in [0, 0.05) is 22.9 Å². The molecule has 4 nitrogen and oxygen atoms in total. The molecule has 0 atom stereocenters. The predicted molar refractivity (Wildman–Crippen MR) is 103 cm³/mol. The minimum Gasteiger partial charge on any atom is -0.489 e. The zero-order valence-corrected chi connectivity index (χ0v) is 16.6. The number of benzene rings is 2. The summed E-state index contributed by atoms with van der Waals surface area (Å²) in [6.45, 7) is 1.71. The van der Waals surface area contributed by atoms with Crippen molar-refractivity contribution >= 4 is 17.3 Å². The van der Waals surface area contributed by atoms with Crippen molar-refractivity contribution in [3.05, 3.63) is 81.1 Å². The highest BCUT2D eigenvalue weighted by Gasteiger charge is 2.31. The van der Waals surface area contributed by atoms with Crippen LogP contribution in [0.5, 0.6) is 5.75 Å². The first kappa shape index (κ1) is 21.8. The second-order valence-electron chi connectivity index (χ2n) is 6.22. The lowest BCUT2D eigenvalue weighted by Gasteiger charge is -2.14. The Morgan fingerprint density at radius 2 is 1.90 bits per heavy atom. The van der Waals surface area contributed by atoms with Crippen LogP contribution < -0.4 is 4.74 Å². The molecule has 0 fully saturated rings. The summed E-state index contributed by atoms with van der Waals surface area (Å²) >= 11 is 1.13. The van der Waals surface area contributed by atoms with E-state index in [0.29, 0.717) is 5.01 Å². The first-order valence-corrected chi connectivity index (χ1v) is 9.83. The van der Waals surface area contributed by atoms with Gasteiger partial charge in [-0.05, 0) is 31.2 Å². The smallest absolute Gasteiger partial charge is 0.416 e. The minimum absolute atomic E-state index is 0.0145. The van der Waals surface area contributed by atoms with Crippen LogP contribution in [0.1, 0.15) is 39.1 Å². The lowest BCUT2D eigenvalue weighted by Crippen LogP contribution is -2.08. The molecule has 0 unspecified atom stereocenters. The van der Waals surface area contributed by atoms with Crippen LogP contribution >= 0.6 is 11.3 Å². The lowest BCUT2D eigenvalue weighted by molar-refractivity contribution is -0.137. The molecule has 0 bridgehead atoms. The molecule has 1 aromatic heterocycles. The number of esters is 1. The van der Waals surface area contributed by atoms with Gasteiger partial charge < -0.3 is 9.47 Å². The van der Waals surface area contributed by atoms with Crippen LogP contribution in [0.2, 0.25) is 0 Å². The number of thiazole rings is 1. The molecule has 0 radical (unpaired) electrons. The molecule has 0 spiro atoms. The van der Waals surface area contributed by atoms with Crippen molar-refractivity contribution in [2.24, 2.45) is 0 Å². The Hall–Kier alpha value is -2.94. The van der Waals surface area contributed by atoms with Crippen molar-refractivity contribution in [1.29, 1.82) is 0 Å². The van der Waals surface area contributed by atoms with Gasteiger partial charge in [-0.2, -0.15) is 13.2 Å². The summed E-state index contributed by atoms with van der Waals surface area (Å²) in [7, 11) is 0. The molecule has 2 aromatic carbocycles. The third-order valence-electron chi connectivity index (χ3n) is 4.11. The van der Waals surface area contributed by atoms with E-state index < -0.39 is 23.5 Å². The minimum atomic E-state index is -4.53. The first-order chi connectivity index (χ1) is 14.3. The maximum Gasteiger partial charge on any atom is 0.416 e. The number of carbonyl (C=O) groups excluding carboxylic acids is 1. The zero-order valence-electron chi connectivity index (χ0n) is 15.8. The van der Waals surface area contributed by atoms with Crippen molar-refractivity contribution in [3.8, 4) is 5.75 Å². The average Bonchev–Trinajstić information content (AvgIpc) is 3.16. The quantitative estimate of drug-likeness (QED) is 0.353. The Labute approximate surface area is 174 Å². The standard InChI is InChI=1S/C21H17F4NO3S/c1-2-28-20(27)17-12-30-19(26-17)10-14-9-15(21(23,24)25)7-8-18(14)29-11-13-5-3-4-6-16(13)22/h3-9,12H,2,10-11H2,1H3. The molecule has 0 aliphatic rings. The van der Waals surface area contributed by atoms with Gasteiger partial charge in [0.05, 0.1) is 17.2 Å². The second-order valence-corrected chi connectivity index (χ2v) is 7.17. The Morgan fingerprint density at radius 3 is 2.60 bits per heavy atom. The van der Waals surface area contributed by atoms with Gasteiger partial charge in [-0.15, -0.1) is 11.3 Å². The number of rotatable bonds is 7. The van der Waals surface area contributed by atoms with Crippen LogP contribution in [0.4, 0.5) is 17.6 Å². The fourth-order valence-electron chi connectivity index (χ4n) is 2.66. The van der Waals surface area contributed by atoms with Gasteiger partial charge >= 0.3 is 12.1 Å². The van der Waals surface area contributed by atoms with Crippen LogP contribution in [0, 0.1) is 5.82 Å². The SMILES string of the molecule is CCOC(=O)c1csc(Cc2cc(C(F)(F)F)ccc2OCc2ccccc2F)n1. The molecule has 0 aliphatic heterocycles. The van der Waals surface area contributed by atoms with Gasteiger partial charge in [0.1, 0.15) is 18.2 Å². The van der Waals surface area contributed by atoms with Crippen LogP contribution in [-0.2, 0) is 23.9 Å². The van der Waals surface area contributed by atoms with Crippen LogP contribution in [0.25, 0.3) is 0 Å². The van der Waals surface area contributed by atoms with Gasteiger partial charge in [0.15, 0.2) is 5.69 Å². The number of hydrogen-bond donors (Lipinski definition) is 0. The Bertz CT molecular complexity index is 1030. The molecule has 9 heteroatoms. The largest absolute Gasteiger partial charge is 0.489 e. The summed E-state index contributed by atoms with van der Waals surface area (Å²) in [4.78, 5) is 15.9. The van der Waals surface area contributed by atoms with E-state index in [1.807, 2.05) is 0 Å². The monoisotopic (exact) mass is 439 g/mol. The summed E-state index contributed by atoms with van der Waals surface area (Å²) in [5.74, 6) is -0.885. The predicted octanol–water partition coefficient (Wildman–Crippen LogP) is 5.65. The van der Waals surface area contributed by atoms with E-state index in [9.17, 15) is 22.4 Å². The van der Waals surface area contributed by atoms with E-state index in [2.05, 4.69) is 4.98 Å². The van der Waals surface area contributed by atoms with E-state index in [0.717, 1.165) is 23.5 Å². The van der Waals surface area contributed by atoms with Crippen LogP contribution in [-0.4, -0.2) is 17.6 Å². The second kappa shape index (κ2) is 9.25. The fourth-order valence-corrected chi connectivity index (χ4v) is 3.45. The van der Waals surface area contributed by atoms with E-state index >= 15 is 0 Å². The van der Waals surface area contributed by atoms with E-state index in [1.165, 1.54) is 29.6 Å². The van der Waals surface area contributed by atoms with E-state index in [-0.39, 0.29) is 42.2 Å². The van der Waals surface area contributed by atoms with Crippen LogP contribution in [0.3, 0.4) is 0 Å². The molecular formula is C21H17F4NO3S. The van der Waals surface area contributed by atoms with E-state index in [1.54, 1.807) is 13.0 Å². The number of nitrogens with zero attached hydrogens (tertiary/aromatic N) is 1. The molecule has 30 heavy (non-hydrogen) atoms. The molecule has 1 heterocycles. The van der Waals surface area contributed by atoms with Crippen molar-refractivity contribution in [1.82, 2.24) is 4.98 Å². The molecule has 3 rings (SSSR count). The first-order valence-electron chi connectivity index (χ1n) is 8.95. The number of ether oxygens (including phenoxy) is 2. The summed E-state index contributed by atoms with van der Waals surface area (Å²) < 4.78 is 63.8. The number of carbonyl (C=O) groups is 1. The topological polar surface area (TPSA) is 48.4 Å². The average molecular weight is 439 g/mol. The Morgan fingerprint density at radius 1 is 1.13 bits per heavy atom. The zero-order chi connectivity index (χ0) is 21.7. The third kappa shape index (κ3) is 5.35. The lowest BCUT2D eigenvalue weighted by atomic mass is 10.1. The third-order valence-corrected chi connectivity index (χ3v) is 4.96. The molecular weight excluding hydrogens is 422 g/mol. The molecule has 158 valence electrons.